The molecule has 1 aromatic carbocycles. The number of benzene rings is 1. The van der Waals surface area contributed by atoms with Crippen LogP contribution in [0.4, 0.5) is 0 Å². The number of methoxy groups -OCH3 is 1. The Hall–Kier alpha value is -1.61. The minimum absolute atomic E-state index is 0.162. The van der Waals surface area contributed by atoms with Crippen molar-refractivity contribution in [3.8, 4) is 0 Å². The van der Waals surface area contributed by atoms with Crippen LogP contribution in [0.15, 0.2) is 42.5 Å². The molecule has 0 unspecified atom stereocenters. The van der Waals surface area contributed by atoms with E-state index in [1.54, 1.807) is 0 Å². The highest BCUT2D eigenvalue weighted by atomic mass is 16.6. The highest BCUT2D eigenvalue weighted by Gasteiger charge is 2.37. The Bertz CT molecular complexity index is 397. The van der Waals surface area contributed by atoms with Crippen LogP contribution in [0.3, 0.4) is 0 Å². The van der Waals surface area contributed by atoms with Crippen LogP contribution >= 0.6 is 0 Å². The summed E-state index contributed by atoms with van der Waals surface area (Å²) in [5, 5.41) is 0. The molecule has 1 aliphatic heterocycles. The van der Waals surface area contributed by atoms with Gasteiger partial charge in [-0.25, -0.2) is 0 Å². The zero-order chi connectivity index (χ0) is 12.1. The Kier molecular flexibility index (Phi) is 3.94. The zero-order valence-corrected chi connectivity index (χ0v) is 9.84. The molecule has 0 saturated carbocycles. The summed E-state index contributed by atoms with van der Waals surface area (Å²) in [5.74, 6) is -0.175. The number of allylic oxidation sites excluding steroid dienone is 1. The minimum Gasteiger partial charge on any atom is -0.469 e. The average molecular weight is 232 g/mol. The van der Waals surface area contributed by atoms with Gasteiger partial charge in [-0.05, 0) is 12.0 Å². The monoisotopic (exact) mass is 232 g/mol. The summed E-state index contributed by atoms with van der Waals surface area (Å²) in [6, 6.07) is 10.1. The summed E-state index contributed by atoms with van der Waals surface area (Å²) >= 11 is 0. The van der Waals surface area contributed by atoms with E-state index in [4.69, 9.17) is 4.74 Å². The molecule has 0 N–H and O–H groups in total. The quantitative estimate of drug-likeness (QED) is 0.445. The highest BCUT2D eigenvalue weighted by molar-refractivity contribution is 5.69. The van der Waals surface area contributed by atoms with Crippen molar-refractivity contribution in [2.45, 2.75) is 25.0 Å². The third-order valence-electron chi connectivity index (χ3n) is 2.72. The second kappa shape index (κ2) is 5.64. The smallest absolute Gasteiger partial charge is 0.305 e. The van der Waals surface area contributed by atoms with Gasteiger partial charge in [0.15, 0.2) is 0 Å². The highest BCUT2D eigenvalue weighted by Crippen LogP contribution is 2.39. The van der Waals surface area contributed by atoms with E-state index in [2.05, 4.69) is 16.9 Å². The lowest BCUT2D eigenvalue weighted by molar-refractivity contribution is -0.140. The van der Waals surface area contributed by atoms with Gasteiger partial charge in [0, 0.05) is 6.42 Å². The topological polar surface area (TPSA) is 38.8 Å². The molecule has 2 rings (SSSR count). The van der Waals surface area contributed by atoms with Crippen molar-refractivity contribution >= 4 is 5.97 Å². The van der Waals surface area contributed by atoms with Crippen LogP contribution < -0.4 is 0 Å². The van der Waals surface area contributed by atoms with E-state index in [1.807, 2.05) is 30.4 Å². The molecule has 90 valence electrons. The average Bonchev–Trinajstić information content (AvgIpc) is 3.15. The second-order valence-corrected chi connectivity index (χ2v) is 3.97. The van der Waals surface area contributed by atoms with Gasteiger partial charge in [-0.15, -0.1) is 0 Å². The maximum atomic E-state index is 10.9. The number of carbonyl (C=O) groups excluding carboxylic acids is 1. The van der Waals surface area contributed by atoms with Gasteiger partial charge in [-0.2, -0.15) is 0 Å². The molecule has 2 atom stereocenters. The van der Waals surface area contributed by atoms with E-state index in [-0.39, 0.29) is 18.2 Å². The number of carbonyl (C=O) groups is 1. The molecule has 17 heavy (non-hydrogen) atoms. The van der Waals surface area contributed by atoms with E-state index in [1.165, 1.54) is 12.7 Å². The maximum absolute atomic E-state index is 10.9. The van der Waals surface area contributed by atoms with E-state index < -0.39 is 0 Å². The largest absolute Gasteiger partial charge is 0.469 e. The molecule has 1 heterocycles. The zero-order valence-electron chi connectivity index (χ0n) is 9.84. The Morgan fingerprint density at radius 2 is 2.18 bits per heavy atom. The summed E-state index contributed by atoms with van der Waals surface area (Å²) in [7, 11) is 1.40. The number of hydrogen-bond donors (Lipinski definition) is 0. The third kappa shape index (κ3) is 3.43. The van der Waals surface area contributed by atoms with Crippen molar-refractivity contribution in [3.63, 3.8) is 0 Å². The predicted octanol–water partition coefficient (Wildman–Crippen LogP) is 2.64. The lowest BCUT2D eigenvalue weighted by Crippen LogP contribution is -1.98. The number of esters is 1. The SMILES string of the molecule is COC(=O)CC/C=C/[C@H]1O[C@@H]1c1ccccc1. The van der Waals surface area contributed by atoms with E-state index in [9.17, 15) is 4.79 Å². The molecule has 0 radical (unpaired) electrons. The van der Waals surface area contributed by atoms with Crippen LogP contribution in [0.1, 0.15) is 24.5 Å². The first kappa shape index (κ1) is 11.9. The van der Waals surface area contributed by atoms with Crippen molar-refractivity contribution in [2.75, 3.05) is 7.11 Å². The van der Waals surface area contributed by atoms with Crippen LogP contribution in [0.2, 0.25) is 0 Å². The first-order chi connectivity index (χ1) is 8.31. The standard InChI is InChI=1S/C14H16O3/c1-16-13(15)10-6-5-9-12-14(17-12)11-7-3-2-4-8-11/h2-5,7-9,12,14H,6,10H2,1H3/b9-5+/t12-,14-/m1/s1. The molecule has 3 heteroatoms. The van der Waals surface area contributed by atoms with Gasteiger partial charge in [-0.3, -0.25) is 4.79 Å². The molecule has 0 aliphatic carbocycles. The van der Waals surface area contributed by atoms with Crippen molar-refractivity contribution in [1.82, 2.24) is 0 Å². The van der Waals surface area contributed by atoms with Gasteiger partial charge in [0.2, 0.25) is 0 Å². The fraction of sp³-hybridized carbons (Fsp3) is 0.357. The fourth-order valence-corrected chi connectivity index (χ4v) is 1.71. The molecule has 0 aromatic heterocycles. The molecule has 1 fully saturated rings. The van der Waals surface area contributed by atoms with Gasteiger partial charge < -0.3 is 9.47 Å². The van der Waals surface area contributed by atoms with Crippen molar-refractivity contribution in [2.24, 2.45) is 0 Å². The Morgan fingerprint density at radius 1 is 1.41 bits per heavy atom. The first-order valence-corrected chi connectivity index (χ1v) is 5.75. The first-order valence-electron chi connectivity index (χ1n) is 5.75. The van der Waals surface area contributed by atoms with E-state index in [0.29, 0.717) is 12.8 Å². The maximum Gasteiger partial charge on any atom is 0.305 e. The molecular formula is C14H16O3. The van der Waals surface area contributed by atoms with Crippen LogP contribution in [0, 0.1) is 0 Å². The fourth-order valence-electron chi connectivity index (χ4n) is 1.71. The molecule has 1 saturated heterocycles. The van der Waals surface area contributed by atoms with Gasteiger partial charge in [0.05, 0.1) is 7.11 Å². The summed E-state index contributed by atoms with van der Waals surface area (Å²) < 4.78 is 10.1. The van der Waals surface area contributed by atoms with Gasteiger partial charge in [0.1, 0.15) is 12.2 Å². The lowest BCUT2D eigenvalue weighted by atomic mass is 10.1. The van der Waals surface area contributed by atoms with Gasteiger partial charge in [0.25, 0.3) is 0 Å². The Labute approximate surface area is 101 Å². The molecule has 0 spiro atoms. The summed E-state index contributed by atoms with van der Waals surface area (Å²) in [6.45, 7) is 0. The van der Waals surface area contributed by atoms with Crippen molar-refractivity contribution in [3.05, 3.63) is 48.0 Å². The number of epoxide rings is 1. The number of hydrogen-bond acceptors (Lipinski definition) is 3. The van der Waals surface area contributed by atoms with Gasteiger partial charge >= 0.3 is 5.97 Å². The third-order valence-corrected chi connectivity index (χ3v) is 2.72. The normalized spacial score (nSPS) is 22.6. The Morgan fingerprint density at radius 3 is 2.88 bits per heavy atom. The minimum atomic E-state index is -0.175. The summed E-state index contributed by atoms with van der Waals surface area (Å²) in [5.41, 5.74) is 1.20. The molecule has 1 aliphatic rings. The van der Waals surface area contributed by atoms with Crippen LogP contribution in [0.5, 0.6) is 0 Å². The van der Waals surface area contributed by atoms with Gasteiger partial charge in [-0.1, -0.05) is 42.5 Å². The van der Waals surface area contributed by atoms with Crippen molar-refractivity contribution in [1.29, 1.82) is 0 Å². The summed E-state index contributed by atoms with van der Waals surface area (Å²) in [4.78, 5) is 10.9. The molecule has 0 amide bonds. The van der Waals surface area contributed by atoms with E-state index >= 15 is 0 Å². The number of ether oxygens (including phenoxy) is 2. The molecule has 3 nitrogen and oxygen atoms in total. The second-order valence-electron chi connectivity index (χ2n) is 3.97. The van der Waals surface area contributed by atoms with Crippen molar-refractivity contribution < 1.29 is 14.3 Å². The predicted molar refractivity (Wildman–Crippen MR) is 64.4 cm³/mol. The van der Waals surface area contributed by atoms with Crippen LogP contribution in [0.25, 0.3) is 0 Å². The Balaban J connectivity index is 1.73. The van der Waals surface area contributed by atoms with Crippen LogP contribution in [-0.2, 0) is 14.3 Å². The van der Waals surface area contributed by atoms with E-state index in [0.717, 1.165) is 0 Å². The molecule has 0 bridgehead atoms. The molecular weight excluding hydrogens is 216 g/mol. The number of rotatable bonds is 5. The molecule has 1 aromatic rings. The lowest BCUT2D eigenvalue weighted by Gasteiger charge is -1.94. The summed E-state index contributed by atoms with van der Waals surface area (Å²) in [6.07, 6.45) is 5.47. The van der Waals surface area contributed by atoms with Crippen LogP contribution in [-0.4, -0.2) is 19.2 Å².